The van der Waals surface area contributed by atoms with E-state index in [2.05, 4.69) is 26.0 Å². The van der Waals surface area contributed by atoms with Gasteiger partial charge in [0.05, 0.1) is 17.8 Å². The first kappa shape index (κ1) is 27.6. The number of aliphatic hydroxyl groups is 1. The first-order valence-electron chi connectivity index (χ1n) is 13.1. The summed E-state index contributed by atoms with van der Waals surface area (Å²) in [6.07, 6.45) is 3.76. The highest BCUT2D eigenvalue weighted by Crippen LogP contribution is 2.37. The average Bonchev–Trinajstić information content (AvgIpc) is 3.52. The molecule has 0 saturated carbocycles. The molecule has 3 aromatic rings. The van der Waals surface area contributed by atoms with Gasteiger partial charge >= 0.3 is 5.97 Å². The molecule has 2 aliphatic rings. The van der Waals surface area contributed by atoms with E-state index in [0.29, 0.717) is 59.5 Å². The van der Waals surface area contributed by atoms with E-state index in [4.69, 9.17) is 28.2 Å². The summed E-state index contributed by atoms with van der Waals surface area (Å²) in [7, 11) is 0. The number of fused-ring (bicyclic) bond motifs is 1. The predicted molar refractivity (Wildman–Crippen MR) is 148 cm³/mol. The Balaban J connectivity index is 1.49. The summed E-state index contributed by atoms with van der Waals surface area (Å²) in [4.78, 5) is 25.5. The normalized spacial score (nSPS) is 23.2. The minimum Gasteiger partial charge on any atom is -0.480 e. The van der Waals surface area contributed by atoms with Crippen molar-refractivity contribution in [2.75, 3.05) is 24.5 Å². The Morgan fingerprint density at radius 1 is 1.26 bits per heavy atom. The summed E-state index contributed by atoms with van der Waals surface area (Å²) < 4.78 is 1.65. The van der Waals surface area contributed by atoms with Crippen molar-refractivity contribution in [3.8, 4) is 6.07 Å². The number of halogens is 2. The Labute approximate surface area is 236 Å². The second-order valence-corrected chi connectivity index (χ2v) is 11.8. The smallest absolute Gasteiger partial charge is 0.320 e. The number of aromatic nitrogens is 4. The summed E-state index contributed by atoms with van der Waals surface area (Å²) in [5.41, 5.74) is 0.761. The molecule has 2 saturated heterocycles. The zero-order valence-corrected chi connectivity index (χ0v) is 23.6. The Hall–Kier alpha value is -2.97. The molecule has 0 aliphatic carbocycles. The minimum absolute atomic E-state index is 0.0654. The van der Waals surface area contributed by atoms with Crippen LogP contribution in [-0.4, -0.2) is 78.1 Å². The number of rotatable bonds is 6. The zero-order chi connectivity index (χ0) is 28.1. The lowest BCUT2D eigenvalue weighted by molar-refractivity contribution is -0.144. The van der Waals surface area contributed by atoms with Crippen LogP contribution < -0.4 is 4.90 Å². The van der Waals surface area contributed by atoms with Gasteiger partial charge < -0.3 is 15.1 Å². The van der Waals surface area contributed by atoms with Gasteiger partial charge in [-0.3, -0.25) is 9.69 Å². The van der Waals surface area contributed by atoms with E-state index in [0.717, 1.165) is 12.0 Å². The van der Waals surface area contributed by atoms with Crippen LogP contribution in [0, 0.1) is 17.2 Å². The fourth-order valence-corrected chi connectivity index (χ4v) is 6.63. The van der Waals surface area contributed by atoms with Gasteiger partial charge in [0.2, 0.25) is 0 Å². The lowest BCUT2D eigenvalue weighted by atomic mass is 9.79. The van der Waals surface area contributed by atoms with Gasteiger partial charge in [0.25, 0.3) is 0 Å². The number of likely N-dealkylation sites (tertiary alicyclic amines) is 1. The van der Waals surface area contributed by atoms with Crippen LogP contribution >= 0.6 is 23.2 Å². The molecule has 39 heavy (non-hydrogen) atoms. The maximum Gasteiger partial charge on any atom is 0.320 e. The molecule has 10 nitrogen and oxygen atoms in total. The Morgan fingerprint density at radius 3 is 2.69 bits per heavy atom. The molecule has 12 heteroatoms. The third kappa shape index (κ3) is 5.16. The summed E-state index contributed by atoms with van der Waals surface area (Å²) in [6.45, 7) is 7.29. The van der Waals surface area contributed by atoms with E-state index in [-0.39, 0.29) is 23.7 Å². The fourth-order valence-electron chi connectivity index (χ4n) is 6.06. The number of carboxylic acid groups (broad SMARTS) is 1. The number of carbonyl (C=O) groups is 1. The van der Waals surface area contributed by atoms with Crippen LogP contribution in [0.15, 0.2) is 24.4 Å². The van der Waals surface area contributed by atoms with E-state index in [9.17, 15) is 20.3 Å². The number of hydrogen-bond acceptors (Lipinski definition) is 8. The maximum absolute atomic E-state index is 11.9. The summed E-state index contributed by atoms with van der Waals surface area (Å²) in [5.74, 6) is -0.418. The van der Waals surface area contributed by atoms with Gasteiger partial charge in [-0.05, 0) is 64.3 Å². The quantitative estimate of drug-likeness (QED) is 0.448. The second kappa shape index (κ2) is 10.5. The molecule has 2 N–H and O–H groups in total. The van der Waals surface area contributed by atoms with Gasteiger partial charge in [0.15, 0.2) is 11.3 Å². The molecule has 0 amide bonds. The highest BCUT2D eigenvalue weighted by atomic mass is 35.5. The molecule has 4 heterocycles. The molecular formula is C27H31Cl2N7O3. The van der Waals surface area contributed by atoms with Crippen molar-refractivity contribution < 1.29 is 15.0 Å². The van der Waals surface area contributed by atoms with Crippen LogP contribution in [0.3, 0.4) is 0 Å². The Bertz CT molecular complexity index is 1450. The number of nitrogens with zero attached hydrogens (tertiary/aromatic N) is 7. The van der Waals surface area contributed by atoms with E-state index in [1.807, 2.05) is 13.0 Å². The van der Waals surface area contributed by atoms with Gasteiger partial charge in [0, 0.05) is 35.1 Å². The molecule has 0 bridgehead atoms. The third-order valence-corrected chi connectivity index (χ3v) is 8.65. The minimum atomic E-state index is -1.04. The van der Waals surface area contributed by atoms with Crippen LogP contribution in [0.25, 0.3) is 11.2 Å². The molecule has 0 spiro atoms. The maximum atomic E-state index is 11.9. The molecule has 4 atom stereocenters. The topological polar surface area (TPSA) is 131 Å². The largest absolute Gasteiger partial charge is 0.480 e. The van der Waals surface area contributed by atoms with E-state index in [1.165, 1.54) is 0 Å². The molecule has 0 radical (unpaired) electrons. The van der Waals surface area contributed by atoms with Crippen molar-refractivity contribution >= 4 is 46.2 Å². The van der Waals surface area contributed by atoms with Crippen LogP contribution in [-0.2, 0) is 4.79 Å². The number of piperidine rings is 1. The summed E-state index contributed by atoms with van der Waals surface area (Å²) >= 11 is 12.6. The number of carboxylic acids is 1. The molecule has 2 aliphatic heterocycles. The van der Waals surface area contributed by atoms with E-state index >= 15 is 0 Å². The van der Waals surface area contributed by atoms with Gasteiger partial charge in [-0.25, -0.2) is 14.6 Å². The molecule has 2 aromatic heterocycles. The first-order valence-corrected chi connectivity index (χ1v) is 13.8. The van der Waals surface area contributed by atoms with Crippen molar-refractivity contribution in [2.24, 2.45) is 5.92 Å². The van der Waals surface area contributed by atoms with Crippen molar-refractivity contribution in [3.63, 3.8) is 0 Å². The van der Waals surface area contributed by atoms with Crippen molar-refractivity contribution in [1.29, 1.82) is 5.26 Å². The van der Waals surface area contributed by atoms with Crippen molar-refractivity contribution in [1.82, 2.24) is 24.6 Å². The van der Waals surface area contributed by atoms with Gasteiger partial charge in [-0.2, -0.15) is 10.4 Å². The van der Waals surface area contributed by atoms with Crippen LogP contribution in [0.1, 0.15) is 57.3 Å². The zero-order valence-electron chi connectivity index (χ0n) is 22.1. The number of anilines is 1. The molecule has 2 fully saturated rings. The predicted octanol–water partition coefficient (Wildman–Crippen LogP) is 4.13. The first-order chi connectivity index (χ1) is 18.5. The second-order valence-electron chi connectivity index (χ2n) is 10.9. The van der Waals surface area contributed by atoms with Gasteiger partial charge in [0.1, 0.15) is 23.4 Å². The highest BCUT2D eigenvalue weighted by Gasteiger charge is 2.46. The fraction of sp³-hybridized carbons (Fsp3) is 0.519. The molecule has 1 aromatic carbocycles. The van der Waals surface area contributed by atoms with Gasteiger partial charge in [-0.15, -0.1) is 0 Å². The number of benzene rings is 1. The lowest BCUT2D eigenvalue weighted by Gasteiger charge is -2.48. The summed E-state index contributed by atoms with van der Waals surface area (Å²) in [5, 5.41) is 36.1. The number of nitriles is 1. The highest BCUT2D eigenvalue weighted by molar-refractivity contribution is 6.35. The molecule has 206 valence electrons. The van der Waals surface area contributed by atoms with Crippen molar-refractivity contribution in [3.05, 3.63) is 45.7 Å². The molecule has 5 rings (SSSR count). The van der Waals surface area contributed by atoms with Crippen LogP contribution in [0.4, 0.5) is 5.82 Å². The molecular weight excluding hydrogens is 541 g/mol. The third-order valence-electron chi connectivity index (χ3n) is 8.09. The standard InChI is InChI=1S/C27H31Cl2N7O3/c1-15(17-7-6-16(28)11-19(17)29)36-25-24(20(12-30)33-36)31-13-23(32-25)34-10-8-21(18(14-34)27(2,3)39)35-9-4-5-22(35)26(37)38/h6-7,11,13,15,18,21-22,39H,4-5,8-10,14H2,1-3H3,(H,37,38)/t15?,18?,21-,22-/m0/s1. The van der Waals surface area contributed by atoms with Gasteiger partial charge in [-0.1, -0.05) is 29.3 Å². The van der Waals surface area contributed by atoms with E-state index < -0.39 is 17.6 Å². The lowest BCUT2D eigenvalue weighted by Crippen LogP contribution is -2.59. The van der Waals surface area contributed by atoms with Crippen LogP contribution in [0.2, 0.25) is 10.0 Å². The molecule has 2 unspecified atom stereocenters. The Kier molecular flexibility index (Phi) is 7.46. The Morgan fingerprint density at radius 2 is 2.03 bits per heavy atom. The average molecular weight is 572 g/mol. The summed E-state index contributed by atoms with van der Waals surface area (Å²) in [6, 6.07) is 6.42. The monoisotopic (exact) mass is 571 g/mol. The number of aliphatic carboxylic acids is 1. The van der Waals surface area contributed by atoms with Crippen LogP contribution in [0.5, 0.6) is 0 Å². The van der Waals surface area contributed by atoms with Crippen molar-refractivity contribution in [2.45, 2.75) is 63.8 Å². The number of hydrogen-bond donors (Lipinski definition) is 2. The van der Waals surface area contributed by atoms with E-state index in [1.54, 1.807) is 36.9 Å². The SMILES string of the molecule is CC(c1ccc(Cl)cc1Cl)n1nc(C#N)c2ncc(N3CC[C@H](N4CCC[C@H]4C(=O)O)C(C(C)(C)O)C3)nc21.